The van der Waals surface area contributed by atoms with E-state index in [-0.39, 0.29) is 11.0 Å². The summed E-state index contributed by atoms with van der Waals surface area (Å²) in [5.41, 5.74) is 1.87. The van der Waals surface area contributed by atoms with Crippen LogP contribution in [0.25, 0.3) is 11.3 Å². The summed E-state index contributed by atoms with van der Waals surface area (Å²) in [6.45, 7) is 4.24. The molecule has 0 radical (unpaired) electrons. The Morgan fingerprint density at radius 1 is 1.00 bits per heavy atom. The predicted octanol–water partition coefficient (Wildman–Crippen LogP) is 6.03. The summed E-state index contributed by atoms with van der Waals surface area (Å²) in [6, 6.07) is 21.1. The fourth-order valence-corrected chi connectivity index (χ4v) is 4.49. The van der Waals surface area contributed by atoms with Crippen molar-refractivity contribution in [2.45, 2.75) is 31.3 Å². The minimum Gasteiger partial charge on any atom is -0.507 e. The van der Waals surface area contributed by atoms with Gasteiger partial charge >= 0.3 is 5.63 Å². The minimum absolute atomic E-state index is 0.0105. The first-order chi connectivity index (χ1) is 13.0. The summed E-state index contributed by atoms with van der Waals surface area (Å²) in [5, 5.41) is 10.5. The molecule has 0 unspecified atom stereocenters. The Morgan fingerprint density at radius 3 is 2.22 bits per heavy atom. The van der Waals surface area contributed by atoms with Crippen molar-refractivity contribution in [3.8, 4) is 17.1 Å². The molecule has 0 aliphatic heterocycles. The van der Waals surface area contributed by atoms with Crippen LogP contribution in [0.4, 0.5) is 0 Å². The van der Waals surface area contributed by atoms with Crippen LogP contribution in [-0.2, 0) is 5.75 Å². The Morgan fingerprint density at radius 2 is 1.63 bits per heavy atom. The highest BCUT2D eigenvalue weighted by atomic mass is 32.2. The van der Waals surface area contributed by atoms with E-state index in [1.165, 1.54) is 5.56 Å². The summed E-state index contributed by atoms with van der Waals surface area (Å²) < 4.78 is 5.56. The number of rotatable bonds is 7. The molecule has 27 heavy (non-hydrogen) atoms. The maximum absolute atomic E-state index is 12.7. The van der Waals surface area contributed by atoms with Crippen LogP contribution in [0, 0.1) is 5.92 Å². The molecule has 2 aromatic carbocycles. The van der Waals surface area contributed by atoms with Gasteiger partial charge < -0.3 is 9.52 Å². The van der Waals surface area contributed by atoms with Gasteiger partial charge in [0.1, 0.15) is 11.5 Å². The molecule has 0 saturated heterocycles. The molecular formula is C23H24O3S. The van der Waals surface area contributed by atoms with Gasteiger partial charge in [-0.25, -0.2) is 4.79 Å². The number of aromatic hydroxyl groups is 1. The summed E-state index contributed by atoms with van der Waals surface area (Å²) in [6.07, 6.45) is 0.792. The van der Waals surface area contributed by atoms with Gasteiger partial charge in [-0.3, -0.25) is 0 Å². The van der Waals surface area contributed by atoms with E-state index in [4.69, 9.17) is 4.42 Å². The molecule has 0 bridgehead atoms. The van der Waals surface area contributed by atoms with Crippen LogP contribution in [0.2, 0.25) is 0 Å². The van der Waals surface area contributed by atoms with Crippen LogP contribution in [-0.4, -0.2) is 5.11 Å². The topological polar surface area (TPSA) is 50.4 Å². The number of hydrogen-bond donors (Lipinski definition) is 1. The predicted molar refractivity (Wildman–Crippen MR) is 112 cm³/mol. The normalized spacial score (nSPS) is 12.3. The van der Waals surface area contributed by atoms with Gasteiger partial charge in [0, 0.05) is 22.6 Å². The molecule has 140 valence electrons. The zero-order valence-corrected chi connectivity index (χ0v) is 16.4. The fourth-order valence-electron chi connectivity index (χ4n) is 3.00. The van der Waals surface area contributed by atoms with Crippen LogP contribution < -0.4 is 5.63 Å². The van der Waals surface area contributed by atoms with Crippen molar-refractivity contribution in [2.75, 3.05) is 0 Å². The molecule has 1 N–H and O–H groups in total. The van der Waals surface area contributed by atoms with E-state index < -0.39 is 5.63 Å². The molecule has 0 aliphatic carbocycles. The van der Waals surface area contributed by atoms with Gasteiger partial charge in [0.25, 0.3) is 0 Å². The van der Waals surface area contributed by atoms with Gasteiger partial charge in [-0.2, -0.15) is 0 Å². The Kier molecular flexibility index (Phi) is 6.40. The number of benzene rings is 2. The third-order valence-corrected chi connectivity index (χ3v) is 5.66. The number of hydrogen-bond acceptors (Lipinski definition) is 4. The minimum atomic E-state index is -0.458. The summed E-state index contributed by atoms with van der Waals surface area (Å²) in [4.78, 5) is 12.7. The van der Waals surface area contributed by atoms with Gasteiger partial charge in [0.05, 0.1) is 5.56 Å². The SMILES string of the molecule is CC(C)C[C@H](SCc1ccccc1)c1c(O)cc(-c2ccccc2)oc1=O. The van der Waals surface area contributed by atoms with E-state index in [0.29, 0.717) is 17.2 Å². The Labute approximate surface area is 164 Å². The lowest BCUT2D eigenvalue weighted by molar-refractivity contribution is 0.433. The second-order valence-corrected chi connectivity index (χ2v) is 8.17. The van der Waals surface area contributed by atoms with Crippen molar-refractivity contribution < 1.29 is 9.52 Å². The van der Waals surface area contributed by atoms with Crippen molar-refractivity contribution in [3.05, 3.63) is 88.3 Å². The summed E-state index contributed by atoms with van der Waals surface area (Å²) in [7, 11) is 0. The largest absolute Gasteiger partial charge is 0.507 e. The van der Waals surface area contributed by atoms with E-state index in [9.17, 15) is 9.90 Å². The van der Waals surface area contributed by atoms with Gasteiger partial charge in [-0.05, 0) is 17.9 Å². The monoisotopic (exact) mass is 380 g/mol. The van der Waals surface area contributed by atoms with Crippen LogP contribution in [0.3, 0.4) is 0 Å². The molecule has 0 spiro atoms. The molecular weight excluding hydrogens is 356 g/mol. The lowest BCUT2D eigenvalue weighted by Gasteiger charge is -2.19. The first-order valence-corrected chi connectivity index (χ1v) is 10.2. The van der Waals surface area contributed by atoms with Gasteiger partial charge in [-0.1, -0.05) is 74.5 Å². The van der Waals surface area contributed by atoms with Gasteiger partial charge in [0.2, 0.25) is 0 Å². The van der Waals surface area contributed by atoms with Crippen LogP contribution in [0.1, 0.15) is 36.6 Å². The summed E-state index contributed by atoms with van der Waals surface area (Å²) >= 11 is 1.67. The Bertz CT molecular complexity index is 917. The van der Waals surface area contributed by atoms with Crippen LogP contribution in [0.15, 0.2) is 75.9 Å². The highest BCUT2D eigenvalue weighted by molar-refractivity contribution is 7.98. The third-order valence-electron chi connectivity index (χ3n) is 4.33. The molecule has 0 amide bonds. The van der Waals surface area contributed by atoms with Gasteiger partial charge in [-0.15, -0.1) is 11.8 Å². The van der Waals surface area contributed by atoms with E-state index >= 15 is 0 Å². The first kappa shape index (κ1) is 19.3. The van der Waals surface area contributed by atoms with Crippen molar-refractivity contribution in [2.24, 2.45) is 5.92 Å². The molecule has 3 nitrogen and oxygen atoms in total. The molecule has 1 aromatic heterocycles. The first-order valence-electron chi connectivity index (χ1n) is 9.12. The zero-order valence-electron chi connectivity index (χ0n) is 15.6. The van der Waals surface area contributed by atoms with Crippen LogP contribution >= 0.6 is 11.8 Å². The summed E-state index contributed by atoms with van der Waals surface area (Å²) in [5.74, 6) is 1.57. The van der Waals surface area contributed by atoms with Crippen molar-refractivity contribution in [3.63, 3.8) is 0 Å². The Balaban J connectivity index is 1.90. The van der Waals surface area contributed by atoms with E-state index in [1.807, 2.05) is 48.5 Å². The van der Waals surface area contributed by atoms with E-state index in [0.717, 1.165) is 17.7 Å². The molecule has 1 atom stereocenters. The Hall–Kier alpha value is -2.46. The fraction of sp³-hybridized carbons (Fsp3) is 0.261. The van der Waals surface area contributed by atoms with Gasteiger partial charge in [0.15, 0.2) is 0 Å². The van der Waals surface area contributed by atoms with Crippen LogP contribution in [0.5, 0.6) is 5.75 Å². The van der Waals surface area contributed by atoms with Crippen molar-refractivity contribution >= 4 is 11.8 Å². The molecule has 0 aliphatic rings. The zero-order chi connectivity index (χ0) is 19.2. The highest BCUT2D eigenvalue weighted by Gasteiger charge is 2.23. The smallest absolute Gasteiger partial charge is 0.344 e. The molecule has 3 rings (SSSR count). The average Bonchev–Trinajstić information content (AvgIpc) is 2.66. The third kappa shape index (κ3) is 5.04. The van der Waals surface area contributed by atoms with Crippen molar-refractivity contribution in [1.82, 2.24) is 0 Å². The molecule has 0 fully saturated rings. The lowest BCUT2D eigenvalue weighted by atomic mass is 10.0. The van der Waals surface area contributed by atoms with E-state index in [1.54, 1.807) is 17.8 Å². The second-order valence-electron chi connectivity index (χ2n) is 6.98. The number of thioether (sulfide) groups is 1. The quantitative estimate of drug-likeness (QED) is 0.543. The standard InChI is InChI=1S/C23H24O3S/c1-16(2)13-21(27-15-17-9-5-3-6-10-17)22-19(24)14-20(26-23(22)25)18-11-7-4-8-12-18/h3-12,14,16,21,24H,13,15H2,1-2H3/t21-/m0/s1. The second kappa shape index (κ2) is 8.96. The lowest BCUT2D eigenvalue weighted by Crippen LogP contribution is -2.13. The maximum Gasteiger partial charge on any atom is 0.344 e. The maximum atomic E-state index is 12.7. The molecule has 3 aromatic rings. The molecule has 0 saturated carbocycles. The molecule has 4 heteroatoms. The van der Waals surface area contributed by atoms with Crippen molar-refractivity contribution in [1.29, 1.82) is 0 Å². The average molecular weight is 381 g/mol. The highest BCUT2D eigenvalue weighted by Crippen LogP contribution is 2.40. The molecule has 1 heterocycles. The van der Waals surface area contributed by atoms with E-state index in [2.05, 4.69) is 26.0 Å².